The smallest absolute Gasteiger partial charge is 0.196 e. The third kappa shape index (κ3) is 4.42. The third-order valence-electron chi connectivity index (χ3n) is 9.64. The highest BCUT2D eigenvalue weighted by Crippen LogP contribution is 2.45. The van der Waals surface area contributed by atoms with Gasteiger partial charge in [0.25, 0.3) is 0 Å². The zero-order valence-corrected chi connectivity index (χ0v) is 26.4. The Morgan fingerprint density at radius 2 is 0.959 bits per heavy atom. The zero-order valence-electron chi connectivity index (χ0n) is 26.4. The molecule has 9 rings (SSSR count). The normalized spacial score (nSPS) is 11.2. The number of para-hydroxylation sites is 1. The van der Waals surface area contributed by atoms with Crippen molar-refractivity contribution in [2.45, 2.75) is 0 Å². The van der Waals surface area contributed by atoms with Crippen LogP contribution in [0.1, 0.15) is 5.56 Å². The SMILES string of the molecule is [C-]#[N+]c1cccc(-n2c3ccccc3c3cc(C#N)ccc32)c1-c1ccc(-c2c3ccccc3c(-c3ccccc3)c3ccccc23)cc1. The summed E-state index contributed by atoms with van der Waals surface area (Å²) in [5, 5.41) is 16.6. The molecule has 0 aliphatic carbocycles. The van der Waals surface area contributed by atoms with Crippen LogP contribution in [-0.4, -0.2) is 4.57 Å². The molecule has 0 unspecified atom stereocenters. The lowest BCUT2D eigenvalue weighted by Crippen LogP contribution is -1.97. The van der Waals surface area contributed by atoms with Gasteiger partial charge in [-0.1, -0.05) is 133 Å². The summed E-state index contributed by atoms with van der Waals surface area (Å²) in [7, 11) is 0. The lowest BCUT2D eigenvalue weighted by Gasteiger charge is -2.19. The van der Waals surface area contributed by atoms with Gasteiger partial charge in [-0.2, -0.15) is 5.26 Å². The van der Waals surface area contributed by atoms with Crippen molar-refractivity contribution >= 4 is 49.0 Å². The second-order valence-corrected chi connectivity index (χ2v) is 12.3. The van der Waals surface area contributed by atoms with Crippen LogP contribution in [0.25, 0.3) is 87.3 Å². The van der Waals surface area contributed by atoms with Gasteiger partial charge in [0, 0.05) is 22.0 Å². The van der Waals surface area contributed by atoms with Crippen LogP contribution in [0.15, 0.2) is 164 Å². The molecule has 0 fully saturated rings. The quantitative estimate of drug-likeness (QED) is 0.142. The van der Waals surface area contributed by atoms with Crippen LogP contribution in [0.2, 0.25) is 0 Å². The molecule has 0 bridgehead atoms. The Morgan fingerprint density at radius 3 is 1.55 bits per heavy atom. The van der Waals surface area contributed by atoms with Gasteiger partial charge in [0.15, 0.2) is 5.69 Å². The molecule has 0 saturated carbocycles. The predicted octanol–water partition coefficient (Wildman–Crippen LogP) is 12.5. The summed E-state index contributed by atoms with van der Waals surface area (Å²) in [6.07, 6.45) is 0. The van der Waals surface area contributed by atoms with Crippen molar-refractivity contribution in [3.8, 4) is 45.1 Å². The number of fused-ring (bicyclic) bond motifs is 5. The topological polar surface area (TPSA) is 33.1 Å². The second kappa shape index (κ2) is 11.4. The Morgan fingerprint density at radius 1 is 0.449 bits per heavy atom. The van der Waals surface area contributed by atoms with Gasteiger partial charge in [-0.25, -0.2) is 4.85 Å². The molecule has 3 heteroatoms. The molecule has 0 aliphatic rings. The number of benzene rings is 8. The molecule has 0 amide bonds. The van der Waals surface area contributed by atoms with Crippen molar-refractivity contribution < 1.29 is 0 Å². The van der Waals surface area contributed by atoms with Crippen LogP contribution in [0.3, 0.4) is 0 Å². The van der Waals surface area contributed by atoms with E-state index >= 15 is 0 Å². The monoisotopic (exact) mass is 621 g/mol. The molecule has 9 aromatic rings. The first kappa shape index (κ1) is 28.3. The van der Waals surface area contributed by atoms with Gasteiger partial charge in [-0.05, 0) is 79.7 Å². The average molecular weight is 622 g/mol. The fourth-order valence-electron chi connectivity index (χ4n) is 7.56. The molecule has 49 heavy (non-hydrogen) atoms. The van der Waals surface area contributed by atoms with E-state index in [2.05, 4.69) is 137 Å². The van der Waals surface area contributed by atoms with Gasteiger partial charge >= 0.3 is 0 Å². The van der Waals surface area contributed by atoms with E-state index in [0.29, 0.717) is 11.3 Å². The fraction of sp³-hybridized carbons (Fsp3) is 0. The number of nitrogens with zero attached hydrogens (tertiary/aromatic N) is 3. The Hall–Kier alpha value is -6.94. The van der Waals surface area contributed by atoms with E-state index in [1.807, 2.05) is 42.5 Å². The highest BCUT2D eigenvalue weighted by atomic mass is 15.0. The summed E-state index contributed by atoms with van der Waals surface area (Å²) >= 11 is 0. The lowest BCUT2D eigenvalue weighted by molar-refractivity contribution is 1.18. The molecule has 226 valence electrons. The summed E-state index contributed by atoms with van der Waals surface area (Å²) in [4.78, 5) is 4.00. The number of hydrogen-bond acceptors (Lipinski definition) is 1. The molecular formula is C46H27N3. The first-order chi connectivity index (χ1) is 24.2. The molecule has 0 N–H and O–H groups in total. The minimum atomic E-state index is 0.591. The maximum Gasteiger partial charge on any atom is 0.196 e. The molecule has 0 radical (unpaired) electrons. The van der Waals surface area contributed by atoms with E-state index in [1.165, 1.54) is 38.2 Å². The third-order valence-corrected chi connectivity index (χ3v) is 9.64. The van der Waals surface area contributed by atoms with Crippen LogP contribution in [0, 0.1) is 17.9 Å². The lowest BCUT2D eigenvalue weighted by atomic mass is 9.85. The van der Waals surface area contributed by atoms with Crippen LogP contribution >= 0.6 is 0 Å². The van der Waals surface area contributed by atoms with Crippen molar-refractivity contribution in [3.05, 3.63) is 181 Å². The minimum Gasteiger partial charge on any atom is -0.310 e. The standard InChI is InChI=1S/C46H27N3/c1-48-40-19-11-21-43(49-41-20-10-9-14-34(41)39-28-30(29-47)22-27-42(39)49)46(40)33-25-23-32(24-26-33)45-37-17-7-5-15-35(37)44(31-12-3-2-4-13-31)36-16-6-8-18-38(36)45/h2-28H. The molecule has 0 saturated heterocycles. The number of nitriles is 1. The van der Waals surface area contributed by atoms with Crippen LogP contribution in [-0.2, 0) is 0 Å². The fourth-order valence-corrected chi connectivity index (χ4v) is 7.56. The average Bonchev–Trinajstić information content (AvgIpc) is 3.50. The van der Waals surface area contributed by atoms with Crippen molar-refractivity contribution in [3.63, 3.8) is 0 Å². The second-order valence-electron chi connectivity index (χ2n) is 12.3. The summed E-state index contributed by atoms with van der Waals surface area (Å²) in [6.45, 7) is 8.16. The van der Waals surface area contributed by atoms with Crippen LogP contribution < -0.4 is 0 Å². The summed E-state index contributed by atoms with van der Waals surface area (Å²) in [5.41, 5.74) is 10.8. The number of hydrogen-bond donors (Lipinski definition) is 0. The van der Waals surface area contributed by atoms with E-state index in [0.717, 1.165) is 44.2 Å². The number of rotatable bonds is 4. The van der Waals surface area contributed by atoms with E-state index in [4.69, 9.17) is 6.57 Å². The maximum atomic E-state index is 9.65. The zero-order chi connectivity index (χ0) is 32.9. The van der Waals surface area contributed by atoms with E-state index in [9.17, 15) is 5.26 Å². The highest BCUT2D eigenvalue weighted by molar-refractivity contribution is 6.21. The summed E-state index contributed by atoms with van der Waals surface area (Å²) < 4.78 is 2.23. The summed E-state index contributed by atoms with van der Waals surface area (Å²) in [5.74, 6) is 0. The first-order valence-corrected chi connectivity index (χ1v) is 16.3. The summed E-state index contributed by atoms with van der Waals surface area (Å²) in [6, 6.07) is 59.1. The first-order valence-electron chi connectivity index (χ1n) is 16.3. The van der Waals surface area contributed by atoms with Crippen LogP contribution in [0.4, 0.5) is 5.69 Å². The largest absolute Gasteiger partial charge is 0.310 e. The molecule has 1 aromatic heterocycles. The van der Waals surface area contributed by atoms with E-state index < -0.39 is 0 Å². The molecule has 0 spiro atoms. The Balaban J connectivity index is 1.27. The molecular weight excluding hydrogens is 595 g/mol. The highest BCUT2D eigenvalue weighted by Gasteiger charge is 2.20. The van der Waals surface area contributed by atoms with Crippen molar-refractivity contribution in [1.82, 2.24) is 4.57 Å². The predicted molar refractivity (Wildman–Crippen MR) is 203 cm³/mol. The van der Waals surface area contributed by atoms with Gasteiger partial charge in [0.2, 0.25) is 0 Å². The number of aromatic nitrogens is 1. The molecule has 0 aliphatic heterocycles. The van der Waals surface area contributed by atoms with Gasteiger partial charge in [-0.3, -0.25) is 0 Å². The van der Waals surface area contributed by atoms with Gasteiger partial charge in [0.1, 0.15) is 0 Å². The molecule has 1 heterocycles. The van der Waals surface area contributed by atoms with Crippen molar-refractivity contribution in [2.75, 3.05) is 0 Å². The molecule has 3 nitrogen and oxygen atoms in total. The van der Waals surface area contributed by atoms with Crippen LogP contribution in [0.5, 0.6) is 0 Å². The van der Waals surface area contributed by atoms with Gasteiger partial charge in [-0.15, -0.1) is 0 Å². The maximum absolute atomic E-state index is 9.65. The Kier molecular flexibility index (Phi) is 6.58. The molecule has 8 aromatic carbocycles. The minimum absolute atomic E-state index is 0.591. The van der Waals surface area contributed by atoms with Gasteiger partial charge < -0.3 is 4.57 Å². The Bertz CT molecular complexity index is 2770. The van der Waals surface area contributed by atoms with E-state index in [1.54, 1.807) is 0 Å². The molecule has 0 atom stereocenters. The van der Waals surface area contributed by atoms with Crippen molar-refractivity contribution in [1.29, 1.82) is 5.26 Å². The van der Waals surface area contributed by atoms with Crippen molar-refractivity contribution in [2.24, 2.45) is 0 Å². The Labute approximate surface area is 284 Å². The van der Waals surface area contributed by atoms with Gasteiger partial charge in [0.05, 0.1) is 29.2 Å². The van der Waals surface area contributed by atoms with E-state index in [-0.39, 0.29) is 0 Å².